The van der Waals surface area contributed by atoms with E-state index in [2.05, 4.69) is 11.1 Å². The zero-order chi connectivity index (χ0) is 22.0. The standard InChI is InChI=1S/C23H27ClN4O3.ClH/c1-31-21(29)19-6-3-7-20(26-19)28-13-12-27(22(28)30)18-8-10-23(15-25,11-9-18)16-4-2-5-17(24)14-16;/h2-7,14,18H,8-13,15,25H2,1H3;1H/t18-,23+;. The Hall–Kier alpha value is -2.35. The van der Waals surface area contributed by atoms with Crippen molar-refractivity contribution in [2.75, 3.05) is 31.6 Å². The Kier molecular flexibility index (Phi) is 7.64. The zero-order valence-electron chi connectivity index (χ0n) is 18.0. The summed E-state index contributed by atoms with van der Waals surface area (Å²) in [6.45, 7) is 1.74. The fraction of sp³-hybridized carbons (Fsp3) is 0.435. The molecule has 1 aliphatic carbocycles. The SMILES string of the molecule is COC(=O)c1cccc(N2CCN([C@H]3CC[C@@](CN)(c4cccc(Cl)c4)CC3)C2=O)n1.Cl. The van der Waals surface area contributed by atoms with Crippen LogP contribution in [0.15, 0.2) is 42.5 Å². The van der Waals surface area contributed by atoms with Gasteiger partial charge in [0, 0.05) is 36.1 Å². The van der Waals surface area contributed by atoms with E-state index in [1.165, 1.54) is 12.7 Å². The van der Waals surface area contributed by atoms with E-state index in [4.69, 9.17) is 22.1 Å². The molecule has 1 aromatic heterocycles. The van der Waals surface area contributed by atoms with Crippen LogP contribution in [0.25, 0.3) is 0 Å². The van der Waals surface area contributed by atoms with Crippen molar-refractivity contribution in [3.05, 3.63) is 58.7 Å². The van der Waals surface area contributed by atoms with E-state index in [9.17, 15) is 9.59 Å². The van der Waals surface area contributed by atoms with Gasteiger partial charge < -0.3 is 15.4 Å². The monoisotopic (exact) mass is 478 g/mol. The number of esters is 1. The Morgan fingerprint density at radius 1 is 1.22 bits per heavy atom. The Labute approximate surface area is 199 Å². The molecular weight excluding hydrogens is 451 g/mol. The lowest BCUT2D eigenvalue weighted by Gasteiger charge is -2.42. The van der Waals surface area contributed by atoms with Crippen molar-refractivity contribution >= 4 is 41.8 Å². The summed E-state index contributed by atoms with van der Waals surface area (Å²) in [5.74, 6) is -0.0433. The highest BCUT2D eigenvalue weighted by molar-refractivity contribution is 6.30. The number of pyridine rings is 1. The minimum absolute atomic E-state index is 0. The fourth-order valence-electron chi connectivity index (χ4n) is 4.79. The highest BCUT2D eigenvalue weighted by atomic mass is 35.5. The van der Waals surface area contributed by atoms with Gasteiger partial charge in [-0.15, -0.1) is 12.4 Å². The summed E-state index contributed by atoms with van der Waals surface area (Å²) in [6, 6.07) is 13.1. The second kappa shape index (κ2) is 10.1. The van der Waals surface area contributed by atoms with Gasteiger partial charge in [0.25, 0.3) is 0 Å². The molecule has 0 bridgehead atoms. The summed E-state index contributed by atoms with van der Waals surface area (Å²) in [5, 5.41) is 0.722. The lowest BCUT2D eigenvalue weighted by molar-refractivity contribution is 0.0594. The number of nitrogens with zero attached hydrogens (tertiary/aromatic N) is 3. The molecule has 0 unspecified atom stereocenters. The average Bonchev–Trinajstić information content (AvgIpc) is 3.20. The van der Waals surface area contributed by atoms with E-state index >= 15 is 0 Å². The molecule has 1 saturated carbocycles. The first-order chi connectivity index (χ1) is 15.0. The van der Waals surface area contributed by atoms with Gasteiger partial charge in [-0.25, -0.2) is 14.6 Å². The van der Waals surface area contributed by atoms with Crippen LogP contribution in [0, 0.1) is 0 Å². The van der Waals surface area contributed by atoms with E-state index in [-0.39, 0.29) is 35.6 Å². The van der Waals surface area contributed by atoms with E-state index in [0.29, 0.717) is 25.5 Å². The summed E-state index contributed by atoms with van der Waals surface area (Å²) < 4.78 is 4.74. The van der Waals surface area contributed by atoms with Crippen molar-refractivity contribution in [2.24, 2.45) is 5.73 Å². The number of rotatable bonds is 5. The number of anilines is 1. The highest BCUT2D eigenvalue weighted by Gasteiger charge is 2.41. The number of halogens is 2. The first-order valence-corrected chi connectivity index (χ1v) is 10.9. The third-order valence-electron chi connectivity index (χ3n) is 6.63. The quantitative estimate of drug-likeness (QED) is 0.655. The molecule has 2 aromatic rings. The van der Waals surface area contributed by atoms with Crippen molar-refractivity contribution in [3.8, 4) is 0 Å². The first-order valence-electron chi connectivity index (χ1n) is 10.6. The van der Waals surface area contributed by atoms with Crippen LogP contribution in [0.2, 0.25) is 5.02 Å². The maximum atomic E-state index is 13.2. The molecule has 0 radical (unpaired) electrons. The van der Waals surface area contributed by atoms with E-state index < -0.39 is 5.97 Å². The normalized spacial score (nSPS) is 23.1. The molecule has 2 N–H and O–H groups in total. The first kappa shape index (κ1) is 24.3. The van der Waals surface area contributed by atoms with Crippen LogP contribution in [0.5, 0.6) is 0 Å². The van der Waals surface area contributed by atoms with Crippen LogP contribution < -0.4 is 10.6 Å². The number of urea groups is 1. The second-order valence-corrected chi connectivity index (χ2v) is 8.66. The van der Waals surface area contributed by atoms with E-state index in [0.717, 1.165) is 30.7 Å². The van der Waals surface area contributed by atoms with Crippen LogP contribution in [-0.2, 0) is 10.2 Å². The van der Waals surface area contributed by atoms with Crippen LogP contribution in [0.1, 0.15) is 41.7 Å². The van der Waals surface area contributed by atoms with Crippen molar-refractivity contribution in [2.45, 2.75) is 37.1 Å². The van der Waals surface area contributed by atoms with Gasteiger partial charge in [0.1, 0.15) is 5.82 Å². The zero-order valence-corrected chi connectivity index (χ0v) is 19.6. The summed E-state index contributed by atoms with van der Waals surface area (Å²) in [5.41, 5.74) is 7.49. The molecule has 1 aliphatic heterocycles. The Morgan fingerprint density at radius 3 is 2.59 bits per heavy atom. The number of carbonyl (C=O) groups is 2. The van der Waals surface area contributed by atoms with Gasteiger partial charge in [-0.05, 0) is 55.5 Å². The minimum atomic E-state index is -0.517. The van der Waals surface area contributed by atoms with Gasteiger partial charge in [0.2, 0.25) is 0 Å². The van der Waals surface area contributed by atoms with E-state index in [1.54, 1.807) is 23.1 Å². The maximum absolute atomic E-state index is 13.2. The summed E-state index contributed by atoms with van der Waals surface area (Å²) in [6.07, 6.45) is 3.60. The topological polar surface area (TPSA) is 88.8 Å². The molecule has 9 heteroatoms. The summed E-state index contributed by atoms with van der Waals surface area (Å²) >= 11 is 6.21. The molecule has 4 rings (SSSR count). The molecule has 2 amide bonds. The highest BCUT2D eigenvalue weighted by Crippen LogP contribution is 2.41. The van der Waals surface area contributed by atoms with Crippen LogP contribution in [0.4, 0.5) is 10.6 Å². The molecule has 172 valence electrons. The van der Waals surface area contributed by atoms with E-state index in [1.807, 2.05) is 23.1 Å². The van der Waals surface area contributed by atoms with Crippen LogP contribution >= 0.6 is 24.0 Å². The van der Waals surface area contributed by atoms with Crippen molar-refractivity contribution < 1.29 is 14.3 Å². The molecular formula is C23H28Cl2N4O3. The lowest BCUT2D eigenvalue weighted by atomic mass is 9.68. The molecule has 1 aromatic carbocycles. The second-order valence-electron chi connectivity index (χ2n) is 8.23. The number of methoxy groups -OCH3 is 1. The van der Waals surface area contributed by atoms with Gasteiger partial charge in [0.05, 0.1) is 7.11 Å². The number of aromatic nitrogens is 1. The van der Waals surface area contributed by atoms with Crippen molar-refractivity contribution in [3.63, 3.8) is 0 Å². The summed E-state index contributed by atoms with van der Waals surface area (Å²) in [7, 11) is 1.31. The fourth-order valence-corrected chi connectivity index (χ4v) is 4.98. The summed E-state index contributed by atoms with van der Waals surface area (Å²) in [4.78, 5) is 32.8. The number of hydrogen-bond acceptors (Lipinski definition) is 5. The molecule has 0 spiro atoms. The van der Waals surface area contributed by atoms with Gasteiger partial charge in [-0.3, -0.25) is 4.90 Å². The molecule has 0 atom stereocenters. The number of carbonyl (C=O) groups excluding carboxylic acids is 2. The van der Waals surface area contributed by atoms with Gasteiger partial charge in [0.15, 0.2) is 5.69 Å². The third kappa shape index (κ3) is 4.56. The Balaban J connectivity index is 0.00000289. The third-order valence-corrected chi connectivity index (χ3v) is 6.86. The van der Waals surface area contributed by atoms with Gasteiger partial charge >= 0.3 is 12.0 Å². The predicted molar refractivity (Wildman–Crippen MR) is 127 cm³/mol. The average molecular weight is 479 g/mol. The lowest BCUT2D eigenvalue weighted by Crippen LogP contribution is -2.47. The van der Waals surface area contributed by atoms with Crippen LogP contribution in [-0.4, -0.2) is 54.7 Å². The molecule has 2 heterocycles. The number of amides is 2. The molecule has 1 saturated heterocycles. The van der Waals surface area contributed by atoms with Crippen molar-refractivity contribution in [1.82, 2.24) is 9.88 Å². The maximum Gasteiger partial charge on any atom is 0.356 e. The molecule has 7 nitrogen and oxygen atoms in total. The van der Waals surface area contributed by atoms with Crippen molar-refractivity contribution in [1.29, 1.82) is 0 Å². The smallest absolute Gasteiger partial charge is 0.356 e. The number of nitrogens with two attached hydrogens (primary N) is 1. The molecule has 2 aliphatic rings. The number of hydrogen-bond donors (Lipinski definition) is 1. The number of ether oxygens (including phenoxy) is 1. The predicted octanol–water partition coefficient (Wildman–Crippen LogP) is 4.02. The van der Waals surface area contributed by atoms with Crippen LogP contribution in [0.3, 0.4) is 0 Å². The Bertz CT molecular complexity index is 979. The number of benzene rings is 1. The largest absolute Gasteiger partial charge is 0.464 e. The molecule has 2 fully saturated rings. The van der Waals surface area contributed by atoms with Gasteiger partial charge in [-0.1, -0.05) is 29.8 Å². The Morgan fingerprint density at radius 2 is 1.94 bits per heavy atom. The molecule has 32 heavy (non-hydrogen) atoms. The van der Waals surface area contributed by atoms with Gasteiger partial charge in [-0.2, -0.15) is 0 Å². The minimum Gasteiger partial charge on any atom is -0.464 e.